The Balaban J connectivity index is 1.90. The molecule has 5 nitrogen and oxygen atoms in total. The molecule has 2 aromatic rings. The number of benzene rings is 2. The average molecular weight is 327 g/mol. The molecule has 24 heavy (non-hydrogen) atoms. The first-order valence-corrected chi connectivity index (χ1v) is 7.81. The Hall–Kier alpha value is -2.82. The van der Waals surface area contributed by atoms with Gasteiger partial charge in [0.05, 0.1) is 5.56 Å². The molecule has 0 saturated carbocycles. The van der Waals surface area contributed by atoms with Crippen molar-refractivity contribution in [2.45, 2.75) is 13.8 Å². The molecule has 0 fully saturated rings. The summed E-state index contributed by atoms with van der Waals surface area (Å²) in [5.74, 6) is 0.675. The molecule has 0 aliphatic rings. The Morgan fingerprint density at radius 1 is 1.00 bits per heavy atom. The lowest BCUT2D eigenvalue weighted by Crippen LogP contribution is -2.31. The van der Waals surface area contributed by atoms with Gasteiger partial charge in [0.25, 0.3) is 5.91 Å². The number of hydrogen-bond acceptors (Lipinski definition) is 4. The molecule has 0 unspecified atom stereocenters. The number of esters is 1. The molecular formula is C19H21NO4. The van der Waals surface area contributed by atoms with Gasteiger partial charge in [0.1, 0.15) is 11.5 Å². The second-order valence-corrected chi connectivity index (χ2v) is 5.72. The zero-order chi connectivity index (χ0) is 17.4. The van der Waals surface area contributed by atoms with Crippen LogP contribution in [0.4, 0.5) is 0 Å². The molecule has 1 amide bonds. The van der Waals surface area contributed by atoms with E-state index < -0.39 is 5.97 Å². The van der Waals surface area contributed by atoms with Crippen molar-refractivity contribution in [2.75, 3.05) is 13.2 Å². The molecule has 1 N–H and O–H groups in total. The van der Waals surface area contributed by atoms with Crippen LogP contribution in [0, 0.1) is 5.92 Å². The summed E-state index contributed by atoms with van der Waals surface area (Å²) in [6.45, 7) is 4.24. The lowest BCUT2D eigenvalue weighted by Gasteiger charge is -2.09. The molecule has 0 aromatic heterocycles. The van der Waals surface area contributed by atoms with Gasteiger partial charge in [0, 0.05) is 6.54 Å². The van der Waals surface area contributed by atoms with Crippen LogP contribution in [-0.2, 0) is 9.53 Å². The molecular weight excluding hydrogens is 306 g/mol. The topological polar surface area (TPSA) is 64.6 Å². The maximum atomic E-state index is 12.0. The maximum Gasteiger partial charge on any atom is 0.338 e. The smallest absolute Gasteiger partial charge is 0.338 e. The van der Waals surface area contributed by atoms with Crippen molar-refractivity contribution in [1.29, 1.82) is 0 Å². The van der Waals surface area contributed by atoms with Crippen molar-refractivity contribution in [3.05, 3.63) is 60.2 Å². The molecule has 2 rings (SSSR count). The SMILES string of the molecule is CC(C)CNC(=O)COC(=O)c1cccc(Oc2ccccc2)c1. The number of nitrogens with one attached hydrogen (secondary N) is 1. The summed E-state index contributed by atoms with van der Waals surface area (Å²) in [4.78, 5) is 23.6. The highest BCUT2D eigenvalue weighted by Crippen LogP contribution is 2.22. The third-order valence-corrected chi connectivity index (χ3v) is 3.09. The number of hydrogen-bond donors (Lipinski definition) is 1. The minimum absolute atomic E-state index is 0.296. The summed E-state index contributed by atoms with van der Waals surface area (Å²) >= 11 is 0. The monoisotopic (exact) mass is 327 g/mol. The third-order valence-electron chi connectivity index (χ3n) is 3.09. The van der Waals surface area contributed by atoms with Gasteiger partial charge in [0.15, 0.2) is 6.61 Å². The van der Waals surface area contributed by atoms with Crippen LogP contribution in [0.5, 0.6) is 11.5 Å². The van der Waals surface area contributed by atoms with Gasteiger partial charge in [-0.25, -0.2) is 4.79 Å². The number of carbonyl (C=O) groups is 2. The summed E-state index contributed by atoms with van der Waals surface area (Å²) in [6.07, 6.45) is 0. The minimum atomic E-state index is -0.562. The summed E-state index contributed by atoms with van der Waals surface area (Å²) in [7, 11) is 0. The summed E-state index contributed by atoms with van der Waals surface area (Å²) in [5.41, 5.74) is 0.333. The first-order valence-electron chi connectivity index (χ1n) is 7.81. The van der Waals surface area contributed by atoms with Crippen molar-refractivity contribution < 1.29 is 19.1 Å². The van der Waals surface area contributed by atoms with Gasteiger partial charge in [0.2, 0.25) is 0 Å². The highest BCUT2D eigenvalue weighted by atomic mass is 16.5. The third kappa shape index (κ3) is 5.76. The number of para-hydroxylation sites is 1. The van der Waals surface area contributed by atoms with Gasteiger partial charge in [-0.15, -0.1) is 0 Å². The molecule has 0 bridgehead atoms. The largest absolute Gasteiger partial charge is 0.457 e. The molecule has 5 heteroatoms. The fourth-order valence-corrected chi connectivity index (χ4v) is 1.89. The van der Waals surface area contributed by atoms with E-state index >= 15 is 0 Å². The molecule has 0 atom stereocenters. The van der Waals surface area contributed by atoms with Crippen molar-refractivity contribution in [3.8, 4) is 11.5 Å². The van der Waals surface area contributed by atoms with Gasteiger partial charge < -0.3 is 14.8 Å². The first kappa shape index (κ1) is 17.5. The summed E-state index contributed by atoms with van der Waals surface area (Å²) in [6, 6.07) is 15.9. The normalized spacial score (nSPS) is 10.3. The van der Waals surface area contributed by atoms with Crippen LogP contribution < -0.4 is 10.1 Å². The quantitative estimate of drug-likeness (QED) is 0.792. The Kier molecular flexibility index (Phi) is 6.37. The molecule has 0 spiro atoms. The zero-order valence-corrected chi connectivity index (χ0v) is 13.8. The highest BCUT2D eigenvalue weighted by molar-refractivity contribution is 5.91. The van der Waals surface area contributed by atoms with E-state index in [1.807, 2.05) is 44.2 Å². The summed E-state index contributed by atoms with van der Waals surface area (Å²) in [5, 5.41) is 2.69. The van der Waals surface area contributed by atoms with Crippen LogP contribution >= 0.6 is 0 Å². The van der Waals surface area contributed by atoms with Gasteiger partial charge in [-0.2, -0.15) is 0 Å². The van der Waals surface area contributed by atoms with Crippen LogP contribution in [0.2, 0.25) is 0 Å². The Labute approximate surface area is 141 Å². The second kappa shape index (κ2) is 8.72. The van der Waals surface area contributed by atoms with Gasteiger partial charge in [-0.1, -0.05) is 38.1 Å². The van der Waals surface area contributed by atoms with E-state index in [1.54, 1.807) is 24.3 Å². The number of rotatable bonds is 7. The molecule has 126 valence electrons. The van der Waals surface area contributed by atoms with Crippen molar-refractivity contribution in [3.63, 3.8) is 0 Å². The van der Waals surface area contributed by atoms with Crippen molar-refractivity contribution >= 4 is 11.9 Å². The van der Waals surface area contributed by atoms with E-state index in [4.69, 9.17) is 9.47 Å². The van der Waals surface area contributed by atoms with E-state index in [2.05, 4.69) is 5.32 Å². The van der Waals surface area contributed by atoms with Gasteiger partial charge >= 0.3 is 5.97 Å². The fraction of sp³-hybridized carbons (Fsp3) is 0.263. The second-order valence-electron chi connectivity index (χ2n) is 5.72. The Morgan fingerprint density at radius 3 is 2.42 bits per heavy atom. The lowest BCUT2D eigenvalue weighted by atomic mass is 10.2. The molecule has 0 heterocycles. The van der Waals surface area contributed by atoms with E-state index in [0.717, 1.165) is 0 Å². The van der Waals surface area contributed by atoms with Crippen LogP contribution in [0.1, 0.15) is 24.2 Å². The molecule has 0 aliphatic carbocycles. The van der Waals surface area contributed by atoms with Crippen molar-refractivity contribution in [1.82, 2.24) is 5.32 Å². The van der Waals surface area contributed by atoms with Crippen molar-refractivity contribution in [2.24, 2.45) is 5.92 Å². The van der Waals surface area contributed by atoms with Crippen LogP contribution in [0.25, 0.3) is 0 Å². The molecule has 0 radical (unpaired) electrons. The van der Waals surface area contributed by atoms with E-state index in [9.17, 15) is 9.59 Å². The molecule has 0 aliphatic heterocycles. The van der Waals surface area contributed by atoms with E-state index in [0.29, 0.717) is 29.5 Å². The predicted molar refractivity (Wildman–Crippen MR) is 91.1 cm³/mol. The van der Waals surface area contributed by atoms with E-state index in [-0.39, 0.29) is 12.5 Å². The number of ether oxygens (including phenoxy) is 2. The van der Waals surface area contributed by atoms with Crippen LogP contribution in [0.3, 0.4) is 0 Å². The first-order chi connectivity index (χ1) is 11.5. The number of carbonyl (C=O) groups excluding carboxylic acids is 2. The summed E-state index contributed by atoms with van der Waals surface area (Å²) < 4.78 is 10.7. The zero-order valence-electron chi connectivity index (χ0n) is 13.8. The van der Waals surface area contributed by atoms with E-state index in [1.165, 1.54) is 0 Å². The van der Waals surface area contributed by atoms with Gasteiger partial charge in [-0.3, -0.25) is 4.79 Å². The predicted octanol–water partition coefficient (Wildman–Crippen LogP) is 3.41. The highest BCUT2D eigenvalue weighted by Gasteiger charge is 2.11. The van der Waals surface area contributed by atoms with Crippen LogP contribution in [-0.4, -0.2) is 25.0 Å². The fourth-order valence-electron chi connectivity index (χ4n) is 1.89. The Morgan fingerprint density at radius 2 is 1.71 bits per heavy atom. The lowest BCUT2D eigenvalue weighted by molar-refractivity contribution is -0.124. The standard InChI is InChI=1S/C19H21NO4/c1-14(2)12-20-18(21)13-23-19(22)15-7-6-10-17(11-15)24-16-8-4-3-5-9-16/h3-11,14H,12-13H2,1-2H3,(H,20,21). The molecule has 0 saturated heterocycles. The minimum Gasteiger partial charge on any atom is -0.457 e. The van der Waals surface area contributed by atoms with Crippen LogP contribution in [0.15, 0.2) is 54.6 Å². The number of amides is 1. The maximum absolute atomic E-state index is 12.0. The average Bonchev–Trinajstić information content (AvgIpc) is 2.59. The molecule has 2 aromatic carbocycles. The Bertz CT molecular complexity index is 683. The van der Waals surface area contributed by atoms with Gasteiger partial charge in [-0.05, 0) is 36.2 Å².